The van der Waals surface area contributed by atoms with Gasteiger partial charge in [-0.05, 0) is 38.9 Å². The number of aryl methyl sites for hydroxylation is 1. The lowest BCUT2D eigenvalue weighted by Gasteiger charge is -2.17. The van der Waals surface area contributed by atoms with Crippen LogP contribution < -0.4 is 5.32 Å². The summed E-state index contributed by atoms with van der Waals surface area (Å²) in [7, 11) is 1.96. The Bertz CT molecular complexity index is 347. The zero-order valence-corrected chi connectivity index (χ0v) is 11.2. The second-order valence-electron chi connectivity index (χ2n) is 5.13. The van der Waals surface area contributed by atoms with Crippen molar-refractivity contribution < 1.29 is 0 Å². The average molecular weight is 236 g/mol. The molecular formula is C13H24N4. The average Bonchev–Trinajstić information content (AvgIpc) is 2.94. The molecule has 0 spiro atoms. The van der Waals surface area contributed by atoms with Crippen LogP contribution in [-0.2, 0) is 7.05 Å². The highest BCUT2D eigenvalue weighted by atomic mass is 15.2. The van der Waals surface area contributed by atoms with Crippen LogP contribution in [0.15, 0.2) is 12.4 Å². The summed E-state index contributed by atoms with van der Waals surface area (Å²) < 4.78 is 1.86. The quantitative estimate of drug-likeness (QED) is 0.839. The molecule has 1 aliphatic heterocycles. The molecule has 2 unspecified atom stereocenters. The van der Waals surface area contributed by atoms with Crippen molar-refractivity contribution in [2.24, 2.45) is 13.0 Å². The summed E-state index contributed by atoms with van der Waals surface area (Å²) in [6.07, 6.45) is 5.37. The minimum absolute atomic E-state index is 0.402. The third kappa shape index (κ3) is 3.30. The Labute approximate surface area is 104 Å². The molecule has 0 radical (unpaired) electrons. The van der Waals surface area contributed by atoms with Gasteiger partial charge in [0.1, 0.15) is 0 Å². The third-order valence-corrected chi connectivity index (χ3v) is 3.75. The first-order valence-corrected chi connectivity index (χ1v) is 6.63. The first-order valence-electron chi connectivity index (χ1n) is 6.63. The molecule has 0 saturated carbocycles. The molecule has 1 saturated heterocycles. The van der Waals surface area contributed by atoms with Gasteiger partial charge in [-0.25, -0.2) is 0 Å². The van der Waals surface area contributed by atoms with Gasteiger partial charge in [-0.2, -0.15) is 5.10 Å². The molecule has 2 rings (SSSR count). The minimum Gasteiger partial charge on any atom is -0.310 e. The molecule has 0 aliphatic carbocycles. The van der Waals surface area contributed by atoms with Gasteiger partial charge >= 0.3 is 0 Å². The molecule has 1 aromatic rings. The van der Waals surface area contributed by atoms with Gasteiger partial charge in [-0.15, -0.1) is 0 Å². The van der Waals surface area contributed by atoms with E-state index in [-0.39, 0.29) is 0 Å². The number of rotatable bonds is 5. The van der Waals surface area contributed by atoms with E-state index < -0.39 is 0 Å². The molecule has 0 amide bonds. The lowest BCUT2D eigenvalue weighted by Crippen LogP contribution is -2.28. The maximum Gasteiger partial charge on any atom is 0.0537 e. The molecule has 0 bridgehead atoms. The van der Waals surface area contributed by atoms with Crippen molar-refractivity contribution in [3.8, 4) is 0 Å². The molecule has 96 valence electrons. The highest BCUT2D eigenvalue weighted by Crippen LogP contribution is 2.17. The van der Waals surface area contributed by atoms with Crippen molar-refractivity contribution in [2.45, 2.75) is 26.3 Å². The lowest BCUT2D eigenvalue weighted by molar-refractivity contribution is 0.336. The Morgan fingerprint density at radius 3 is 3.00 bits per heavy atom. The lowest BCUT2D eigenvalue weighted by atomic mass is 10.1. The van der Waals surface area contributed by atoms with Crippen LogP contribution in [0.25, 0.3) is 0 Å². The Balaban J connectivity index is 1.75. The Hall–Kier alpha value is -0.870. The highest BCUT2D eigenvalue weighted by Gasteiger charge is 2.21. The van der Waals surface area contributed by atoms with Crippen molar-refractivity contribution in [1.82, 2.24) is 20.0 Å². The normalized spacial score (nSPS) is 23.1. The van der Waals surface area contributed by atoms with E-state index in [2.05, 4.69) is 35.4 Å². The summed E-state index contributed by atoms with van der Waals surface area (Å²) in [6.45, 7) is 9.28. The first kappa shape index (κ1) is 12.6. The molecule has 1 aromatic heterocycles. The predicted molar refractivity (Wildman–Crippen MR) is 69.8 cm³/mol. The van der Waals surface area contributed by atoms with Crippen molar-refractivity contribution >= 4 is 0 Å². The van der Waals surface area contributed by atoms with Gasteiger partial charge in [-0.3, -0.25) is 4.68 Å². The topological polar surface area (TPSA) is 33.1 Å². The Morgan fingerprint density at radius 2 is 2.41 bits per heavy atom. The van der Waals surface area contributed by atoms with Crippen LogP contribution in [0.3, 0.4) is 0 Å². The van der Waals surface area contributed by atoms with Crippen molar-refractivity contribution in [1.29, 1.82) is 0 Å². The van der Waals surface area contributed by atoms with E-state index in [9.17, 15) is 0 Å². The largest absolute Gasteiger partial charge is 0.310 e. The van der Waals surface area contributed by atoms with Crippen LogP contribution in [0.5, 0.6) is 0 Å². The van der Waals surface area contributed by atoms with Gasteiger partial charge in [0.05, 0.1) is 6.20 Å². The number of likely N-dealkylation sites (tertiary alicyclic amines) is 1. The van der Waals surface area contributed by atoms with Gasteiger partial charge in [0.15, 0.2) is 0 Å². The maximum atomic E-state index is 4.21. The molecule has 2 atom stereocenters. The van der Waals surface area contributed by atoms with Crippen LogP contribution >= 0.6 is 0 Å². The number of nitrogens with zero attached hydrogens (tertiary/aromatic N) is 3. The number of hydrogen-bond acceptors (Lipinski definition) is 3. The number of hydrogen-bond donors (Lipinski definition) is 1. The minimum atomic E-state index is 0.402. The fourth-order valence-electron chi connectivity index (χ4n) is 2.49. The summed E-state index contributed by atoms with van der Waals surface area (Å²) >= 11 is 0. The molecule has 4 nitrogen and oxygen atoms in total. The van der Waals surface area contributed by atoms with Crippen molar-refractivity contribution in [3.05, 3.63) is 18.0 Å². The number of aromatic nitrogens is 2. The molecule has 4 heteroatoms. The molecule has 2 heterocycles. The molecular weight excluding hydrogens is 212 g/mol. The van der Waals surface area contributed by atoms with Crippen LogP contribution in [0.1, 0.15) is 31.9 Å². The van der Waals surface area contributed by atoms with Gasteiger partial charge in [-0.1, -0.05) is 6.92 Å². The van der Waals surface area contributed by atoms with Gasteiger partial charge < -0.3 is 10.2 Å². The SMILES string of the molecule is CCN1CCC(CNC(C)c2cnn(C)c2)C1. The second-order valence-corrected chi connectivity index (χ2v) is 5.13. The van der Waals surface area contributed by atoms with E-state index in [4.69, 9.17) is 0 Å². The standard InChI is InChI=1S/C13H24N4/c1-4-17-6-5-12(9-17)7-14-11(2)13-8-15-16(3)10-13/h8,10-12,14H,4-7,9H2,1-3H3. The zero-order chi connectivity index (χ0) is 12.3. The van der Waals surface area contributed by atoms with E-state index >= 15 is 0 Å². The van der Waals surface area contributed by atoms with Crippen LogP contribution in [0.2, 0.25) is 0 Å². The molecule has 1 fully saturated rings. The van der Waals surface area contributed by atoms with E-state index in [0.29, 0.717) is 6.04 Å². The van der Waals surface area contributed by atoms with E-state index in [0.717, 1.165) is 12.5 Å². The molecule has 1 N–H and O–H groups in total. The van der Waals surface area contributed by atoms with Crippen LogP contribution in [0.4, 0.5) is 0 Å². The van der Waals surface area contributed by atoms with Gasteiger partial charge in [0.25, 0.3) is 0 Å². The zero-order valence-electron chi connectivity index (χ0n) is 11.2. The van der Waals surface area contributed by atoms with Crippen LogP contribution in [0, 0.1) is 5.92 Å². The van der Waals surface area contributed by atoms with Crippen molar-refractivity contribution in [2.75, 3.05) is 26.2 Å². The van der Waals surface area contributed by atoms with Crippen LogP contribution in [-0.4, -0.2) is 40.9 Å². The summed E-state index contributed by atoms with van der Waals surface area (Å²) in [5, 5.41) is 7.83. The monoisotopic (exact) mass is 236 g/mol. The fraction of sp³-hybridized carbons (Fsp3) is 0.769. The van der Waals surface area contributed by atoms with Crippen molar-refractivity contribution in [3.63, 3.8) is 0 Å². The first-order chi connectivity index (χ1) is 8.19. The highest BCUT2D eigenvalue weighted by molar-refractivity contribution is 5.08. The Kier molecular flexibility index (Phi) is 4.18. The predicted octanol–water partition coefficient (Wildman–Crippen LogP) is 1.41. The van der Waals surface area contributed by atoms with Gasteiger partial charge in [0.2, 0.25) is 0 Å². The van der Waals surface area contributed by atoms with E-state index in [1.165, 1.54) is 31.6 Å². The fourth-order valence-corrected chi connectivity index (χ4v) is 2.49. The molecule has 1 aliphatic rings. The second kappa shape index (κ2) is 5.65. The van der Waals surface area contributed by atoms with Gasteiger partial charge in [0, 0.05) is 31.4 Å². The molecule has 0 aromatic carbocycles. The van der Waals surface area contributed by atoms with E-state index in [1.807, 2.05) is 17.9 Å². The summed E-state index contributed by atoms with van der Waals surface area (Å²) in [5.41, 5.74) is 1.28. The summed E-state index contributed by atoms with van der Waals surface area (Å²) in [5.74, 6) is 0.814. The number of nitrogens with one attached hydrogen (secondary N) is 1. The molecule has 17 heavy (non-hydrogen) atoms. The smallest absolute Gasteiger partial charge is 0.0537 e. The summed E-state index contributed by atoms with van der Waals surface area (Å²) in [6, 6.07) is 0.402. The third-order valence-electron chi connectivity index (χ3n) is 3.75. The Morgan fingerprint density at radius 1 is 1.59 bits per heavy atom. The summed E-state index contributed by atoms with van der Waals surface area (Å²) in [4.78, 5) is 2.53. The maximum absolute atomic E-state index is 4.21. The van der Waals surface area contributed by atoms with E-state index in [1.54, 1.807) is 0 Å².